The average molecular weight is 446 g/mol. The van der Waals surface area contributed by atoms with Gasteiger partial charge in [0.1, 0.15) is 6.10 Å². The second-order valence-electron chi connectivity index (χ2n) is 13.3. The van der Waals surface area contributed by atoms with Gasteiger partial charge in [-0.05, 0) is 110 Å². The van der Waals surface area contributed by atoms with Gasteiger partial charge >= 0.3 is 5.97 Å². The molecule has 0 spiro atoms. The van der Waals surface area contributed by atoms with Gasteiger partial charge in [0.2, 0.25) is 0 Å². The van der Waals surface area contributed by atoms with Crippen LogP contribution in [0.3, 0.4) is 0 Å². The fraction of sp³-hybridized carbons (Fsp3) is 0.966. The molecule has 0 saturated heterocycles. The lowest BCUT2D eigenvalue weighted by molar-refractivity contribution is -0.161. The predicted octanol–water partition coefficient (Wildman–Crippen LogP) is 6.98. The van der Waals surface area contributed by atoms with Crippen LogP contribution in [0, 0.1) is 52.3 Å². The summed E-state index contributed by atoms with van der Waals surface area (Å²) in [6.45, 7) is 12.6. The maximum atomic E-state index is 11.7. The summed E-state index contributed by atoms with van der Waals surface area (Å²) in [5.41, 5.74) is 6.53. The molecule has 0 aromatic carbocycles. The van der Waals surface area contributed by atoms with Crippen LogP contribution in [0.25, 0.3) is 0 Å². The summed E-state index contributed by atoms with van der Waals surface area (Å²) in [5.74, 6) is 5.95. The van der Waals surface area contributed by atoms with Crippen LogP contribution in [-0.2, 0) is 9.53 Å². The van der Waals surface area contributed by atoms with Crippen LogP contribution >= 0.6 is 0 Å². The van der Waals surface area contributed by atoms with Crippen molar-refractivity contribution in [3.8, 4) is 0 Å². The van der Waals surface area contributed by atoms with Gasteiger partial charge in [-0.2, -0.15) is 0 Å². The molecule has 32 heavy (non-hydrogen) atoms. The highest BCUT2D eigenvalue weighted by atomic mass is 16.5. The van der Waals surface area contributed by atoms with Gasteiger partial charge in [-0.3, -0.25) is 4.79 Å². The van der Waals surface area contributed by atoms with Crippen molar-refractivity contribution >= 4 is 5.97 Å². The number of esters is 1. The second kappa shape index (κ2) is 9.59. The number of hydrogen-bond donors (Lipinski definition) is 1. The summed E-state index contributed by atoms with van der Waals surface area (Å²) in [4.78, 5) is 11.7. The van der Waals surface area contributed by atoms with E-state index in [1.54, 1.807) is 0 Å². The molecule has 4 fully saturated rings. The van der Waals surface area contributed by atoms with Crippen molar-refractivity contribution in [3.05, 3.63) is 0 Å². The molecule has 4 aliphatic carbocycles. The van der Waals surface area contributed by atoms with E-state index in [4.69, 9.17) is 10.5 Å². The van der Waals surface area contributed by atoms with E-state index in [9.17, 15) is 4.79 Å². The maximum Gasteiger partial charge on any atom is 0.319 e. The third-order valence-electron chi connectivity index (χ3n) is 11.3. The molecule has 0 bridgehead atoms. The van der Waals surface area contributed by atoms with Crippen molar-refractivity contribution in [1.82, 2.24) is 0 Å². The Labute approximate surface area is 198 Å². The maximum absolute atomic E-state index is 11.7. The van der Waals surface area contributed by atoms with E-state index in [1.807, 2.05) is 0 Å². The van der Waals surface area contributed by atoms with Crippen LogP contribution in [0.1, 0.15) is 112 Å². The van der Waals surface area contributed by atoms with Crippen LogP contribution in [0.2, 0.25) is 0 Å². The Bertz CT molecular complexity index is 662. The van der Waals surface area contributed by atoms with Crippen LogP contribution in [0.5, 0.6) is 0 Å². The molecule has 1 unspecified atom stereocenters. The molecule has 0 radical (unpaired) electrons. The molecule has 0 amide bonds. The predicted molar refractivity (Wildman–Crippen MR) is 132 cm³/mol. The molecule has 0 heterocycles. The highest BCUT2D eigenvalue weighted by Gasteiger charge is 2.60. The van der Waals surface area contributed by atoms with Crippen molar-refractivity contribution in [3.63, 3.8) is 0 Å². The number of fused-ring (bicyclic) bond motifs is 5. The zero-order valence-corrected chi connectivity index (χ0v) is 21.7. The number of hydrogen-bond acceptors (Lipinski definition) is 3. The van der Waals surface area contributed by atoms with Crippen LogP contribution < -0.4 is 5.73 Å². The highest BCUT2D eigenvalue weighted by Crippen LogP contribution is 2.68. The third-order valence-corrected chi connectivity index (χ3v) is 11.3. The summed E-state index contributed by atoms with van der Waals surface area (Å²) < 4.78 is 5.68. The minimum Gasteiger partial charge on any atom is -0.461 e. The van der Waals surface area contributed by atoms with Gasteiger partial charge in [0.15, 0.2) is 0 Å². The zero-order valence-electron chi connectivity index (χ0n) is 21.7. The van der Waals surface area contributed by atoms with Gasteiger partial charge in [0, 0.05) is 0 Å². The fourth-order valence-corrected chi connectivity index (χ4v) is 9.58. The van der Waals surface area contributed by atoms with Crippen molar-refractivity contribution in [2.24, 2.45) is 58.0 Å². The molecular weight excluding hydrogens is 394 g/mol. The summed E-state index contributed by atoms with van der Waals surface area (Å²) in [5, 5.41) is 0. The Balaban J connectivity index is 1.42. The Morgan fingerprint density at radius 2 is 1.66 bits per heavy atom. The number of carbonyl (C=O) groups excluding carboxylic acids is 1. The van der Waals surface area contributed by atoms with E-state index < -0.39 is 0 Å². The van der Waals surface area contributed by atoms with Crippen molar-refractivity contribution in [2.45, 2.75) is 118 Å². The second-order valence-corrected chi connectivity index (χ2v) is 13.3. The van der Waals surface area contributed by atoms with Gasteiger partial charge in [0.25, 0.3) is 0 Å². The number of carbonyl (C=O) groups is 1. The molecule has 0 aromatic rings. The molecule has 4 aliphatic rings. The SMILES string of the molecule is CC(C)CCC[C@@H](C)[C@H]1CC[C@H]2[C@@H]3CC[C@H]4CC(OC(=O)CN)CC[C@]4(C)[C@H]3CC[C@]12C. The molecule has 0 aliphatic heterocycles. The Morgan fingerprint density at radius 3 is 2.38 bits per heavy atom. The fourth-order valence-electron chi connectivity index (χ4n) is 9.58. The van der Waals surface area contributed by atoms with E-state index >= 15 is 0 Å². The molecule has 4 rings (SSSR count). The molecule has 3 heteroatoms. The van der Waals surface area contributed by atoms with Crippen molar-refractivity contribution in [1.29, 1.82) is 0 Å². The first-order chi connectivity index (χ1) is 15.2. The minimum absolute atomic E-state index is 0.0143. The van der Waals surface area contributed by atoms with Gasteiger partial charge in [-0.25, -0.2) is 0 Å². The lowest BCUT2D eigenvalue weighted by Crippen LogP contribution is -2.54. The summed E-state index contributed by atoms with van der Waals surface area (Å²) >= 11 is 0. The Morgan fingerprint density at radius 1 is 0.938 bits per heavy atom. The largest absolute Gasteiger partial charge is 0.461 e. The topological polar surface area (TPSA) is 52.3 Å². The molecule has 9 atom stereocenters. The summed E-state index contributed by atoms with van der Waals surface area (Å²) in [6.07, 6.45) is 16.3. The summed E-state index contributed by atoms with van der Waals surface area (Å²) in [7, 11) is 0. The van der Waals surface area contributed by atoms with E-state index in [2.05, 4.69) is 34.6 Å². The van der Waals surface area contributed by atoms with Gasteiger partial charge in [-0.15, -0.1) is 0 Å². The first-order valence-electron chi connectivity index (χ1n) is 14.1. The molecular formula is C29H51NO2. The van der Waals surface area contributed by atoms with Gasteiger partial charge < -0.3 is 10.5 Å². The monoisotopic (exact) mass is 445 g/mol. The summed E-state index contributed by atoms with van der Waals surface area (Å²) in [6, 6.07) is 0. The minimum atomic E-state index is -0.222. The number of nitrogens with two attached hydrogens (primary N) is 1. The van der Waals surface area contributed by atoms with Gasteiger partial charge in [0.05, 0.1) is 6.54 Å². The molecule has 3 nitrogen and oxygen atoms in total. The Kier molecular flexibility index (Phi) is 7.36. The number of rotatable bonds is 7. The Hall–Kier alpha value is -0.570. The lowest BCUT2D eigenvalue weighted by atomic mass is 9.44. The molecule has 0 aromatic heterocycles. The van der Waals surface area contributed by atoms with E-state index in [0.717, 1.165) is 54.3 Å². The number of ether oxygens (including phenoxy) is 1. The average Bonchev–Trinajstić information content (AvgIpc) is 3.11. The van der Waals surface area contributed by atoms with E-state index in [-0.39, 0.29) is 18.6 Å². The van der Waals surface area contributed by atoms with Crippen molar-refractivity contribution < 1.29 is 9.53 Å². The van der Waals surface area contributed by atoms with E-state index in [1.165, 1.54) is 64.2 Å². The van der Waals surface area contributed by atoms with E-state index in [0.29, 0.717) is 10.8 Å². The first kappa shape index (κ1) is 24.6. The lowest BCUT2D eigenvalue weighted by Gasteiger charge is -2.61. The van der Waals surface area contributed by atoms with Crippen LogP contribution in [-0.4, -0.2) is 18.6 Å². The van der Waals surface area contributed by atoms with Gasteiger partial charge in [-0.1, -0.05) is 53.9 Å². The van der Waals surface area contributed by atoms with Crippen molar-refractivity contribution in [2.75, 3.05) is 6.54 Å². The molecule has 2 N–H and O–H groups in total. The van der Waals surface area contributed by atoms with Crippen LogP contribution in [0.4, 0.5) is 0 Å². The smallest absolute Gasteiger partial charge is 0.319 e. The highest BCUT2D eigenvalue weighted by molar-refractivity contribution is 5.71. The quantitative estimate of drug-likeness (QED) is 0.430. The molecule has 184 valence electrons. The molecule has 4 saturated carbocycles. The normalized spacial score (nSPS) is 44.5. The zero-order chi connectivity index (χ0) is 23.1. The standard InChI is InChI=1S/C29H51NO2/c1-19(2)7-6-8-20(3)24-11-12-25-23-10-9-21-17-22(32-27(31)18-30)13-15-28(21,4)26(23)14-16-29(24,25)5/h19-26H,6-18,30H2,1-5H3/t20-,21+,22?,23+,24-,25+,26+,28+,29-/m1/s1. The van der Waals surface area contributed by atoms with Crippen LogP contribution in [0.15, 0.2) is 0 Å². The third kappa shape index (κ3) is 4.41. The first-order valence-corrected chi connectivity index (χ1v) is 14.1.